The molecule has 0 spiro atoms. The van der Waals surface area contributed by atoms with Crippen LogP contribution in [0, 0.1) is 10.5 Å². The van der Waals surface area contributed by atoms with Crippen LogP contribution in [-0.2, 0) is 14.1 Å². The summed E-state index contributed by atoms with van der Waals surface area (Å²) < 4.78 is 4.82. The van der Waals surface area contributed by atoms with Gasteiger partial charge >= 0.3 is 0 Å². The number of aryl methyl sites for hydroxylation is 1. The number of nitrogens with zero attached hydrogens (tertiary/aromatic N) is 3. The van der Waals surface area contributed by atoms with Crippen molar-refractivity contribution in [1.82, 2.24) is 14.1 Å². The molecule has 2 aromatic heterocycles. The van der Waals surface area contributed by atoms with Crippen molar-refractivity contribution < 1.29 is 0 Å². The first kappa shape index (κ1) is 17.0. The van der Waals surface area contributed by atoms with Gasteiger partial charge in [-0.25, -0.2) is 4.98 Å². The van der Waals surface area contributed by atoms with Gasteiger partial charge in [-0.05, 0) is 65.9 Å². The van der Waals surface area contributed by atoms with Gasteiger partial charge in [0.15, 0.2) is 0 Å². The fourth-order valence-corrected chi connectivity index (χ4v) is 3.82. The third kappa shape index (κ3) is 2.67. The van der Waals surface area contributed by atoms with Gasteiger partial charge in [0.1, 0.15) is 5.82 Å². The number of rotatable bonds is 2. The molecule has 0 N–H and O–H groups in total. The maximum atomic E-state index is 12.7. The van der Waals surface area contributed by atoms with E-state index in [1.165, 1.54) is 16.6 Å². The Balaban J connectivity index is 1.88. The molecule has 0 fully saturated rings. The fourth-order valence-electron chi connectivity index (χ4n) is 3.33. The summed E-state index contributed by atoms with van der Waals surface area (Å²) in [7, 11) is 3.84. The predicted octanol–water partition coefficient (Wildman–Crippen LogP) is 4.51. The Morgan fingerprint density at radius 3 is 2.58 bits per heavy atom. The molecule has 5 heteroatoms. The molecule has 0 radical (unpaired) electrons. The molecule has 0 unspecified atom stereocenters. The number of hydrogen-bond donors (Lipinski definition) is 0. The van der Waals surface area contributed by atoms with Crippen molar-refractivity contribution in [2.45, 2.75) is 6.92 Å². The van der Waals surface area contributed by atoms with Gasteiger partial charge in [0.05, 0.1) is 10.9 Å². The average molecular weight is 455 g/mol. The van der Waals surface area contributed by atoms with Crippen molar-refractivity contribution in [2.75, 3.05) is 0 Å². The number of hydrogen-bond acceptors (Lipinski definition) is 2. The number of aromatic nitrogens is 3. The van der Waals surface area contributed by atoms with Gasteiger partial charge in [0.2, 0.25) is 0 Å². The van der Waals surface area contributed by atoms with E-state index in [1.54, 1.807) is 11.6 Å². The van der Waals surface area contributed by atoms with Gasteiger partial charge in [0, 0.05) is 39.8 Å². The number of halogens is 1. The first-order chi connectivity index (χ1) is 12.5. The molecule has 0 atom stereocenters. The normalized spacial score (nSPS) is 11.8. The van der Waals surface area contributed by atoms with Gasteiger partial charge in [-0.15, -0.1) is 0 Å². The van der Waals surface area contributed by atoms with E-state index in [9.17, 15) is 4.79 Å². The van der Waals surface area contributed by atoms with Gasteiger partial charge in [0.25, 0.3) is 5.56 Å². The minimum atomic E-state index is -0.0252. The number of fused-ring (bicyclic) bond motifs is 2. The molecular formula is C21H18IN3O. The fraction of sp³-hybridized carbons (Fsp3) is 0.143. The maximum Gasteiger partial charge on any atom is 0.261 e. The van der Waals surface area contributed by atoms with Crippen LogP contribution in [0.5, 0.6) is 0 Å². The first-order valence-corrected chi connectivity index (χ1v) is 9.43. The standard InChI is InChI=1S/C21H18IN3O/c1-13-15(16-6-4-5-7-19(16)24(13)2)9-11-20-23-18-10-8-14(22)12-17(18)21(26)25(20)3/h4-12H,1-3H3/b11-9+. The van der Waals surface area contributed by atoms with Crippen molar-refractivity contribution in [1.29, 1.82) is 0 Å². The lowest BCUT2D eigenvalue weighted by atomic mass is 10.1. The van der Waals surface area contributed by atoms with E-state index in [0.717, 1.165) is 14.7 Å². The summed E-state index contributed by atoms with van der Waals surface area (Å²) in [6, 6.07) is 14.1. The van der Waals surface area contributed by atoms with Crippen LogP contribution in [0.25, 0.3) is 34.0 Å². The Morgan fingerprint density at radius 1 is 1.00 bits per heavy atom. The second kappa shape index (κ2) is 6.39. The van der Waals surface area contributed by atoms with Gasteiger partial charge < -0.3 is 4.57 Å². The van der Waals surface area contributed by atoms with Gasteiger partial charge in [-0.1, -0.05) is 18.2 Å². The second-order valence-electron chi connectivity index (χ2n) is 6.40. The monoisotopic (exact) mass is 455 g/mol. The second-order valence-corrected chi connectivity index (χ2v) is 7.65. The molecule has 0 saturated heterocycles. The average Bonchev–Trinajstić information content (AvgIpc) is 2.89. The Hall–Kier alpha value is -2.41. The van der Waals surface area contributed by atoms with Crippen LogP contribution >= 0.6 is 22.6 Å². The summed E-state index contributed by atoms with van der Waals surface area (Å²) in [5.74, 6) is 0.649. The molecule has 0 amide bonds. The van der Waals surface area contributed by atoms with E-state index >= 15 is 0 Å². The summed E-state index contributed by atoms with van der Waals surface area (Å²) in [6.45, 7) is 2.11. The predicted molar refractivity (Wildman–Crippen MR) is 116 cm³/mol. The molecule has 26 heavy (non-hydrogen) atoms. The minimum Gasteiger partial charge on any atom is -0.347 e. The Labute approximate surface area is 164 Å². The SMILES string of the molecule is Cc1c(/C=C/c2nc3ccc(I)cc3c(=O)n2C)c2ccccc2n1C. The highest BCUT2D eigenvalue weighted by molar-refractivity contribution is 14.1. The Bertz CT molecular complexity index is 1250. The molecule has 4 rings (SSSR count). The third-order valence-corrected chi connectivity index (χ3v) is 5.59. The van der Waals surface area contributed by atoms with E-state index < -0.39 is 0 Å². The largest absolute Gasteiger partial charge is 0.347 e. The number of para-hydroxylation sites is 1. The highest BCUT2D eigenvalue weighted by atomic mass is 127. The van der Waals surface area contributed by atoms with Gasteiger partial charge in [-0.3, -0.25) is 9.36 Å². The van der Waals surface area contributed by atoms with Crippen LogP contribution in [-0.4, -0.2) is 14.1 Å². The molecule has 0 bridgehead atoms. The van der Waals surface area contributed by atoms with Crippen LogP contribution in [0.2, 0.25) is 0 Å². The van der Waals surface area contributed by atoms with Crippen molar-refractivity contribution in [3.8, 4) is 0 Å². The van der Waals surface area contributed by atoms with Crippen molar-refractivity contribution in [3.05, 3.63) is 73.5 Å². The van der Waals surface area contributed by atoms with Crippen molar-refractivity contribution in [2.24, 2.45) is 14.1 Å². The lowest BCUT2D eigenvalue weighted by Gasteiger charge is -2.06. The molecule has 0 aliphatic heterocycles. The lowest BCUT2D eigenvalue weighted by molar-refractivity contribution is 0.828. The van der Waals surface area contributed by atoms with E-state index in [-0.39, 0.29) is 5.56 Å². The zero-order valence-corrected chi connectivity index (χ0v) is 17.0. The topological polar surface area (TPSA) is 39.8 Å². The zero-order valence-electron chi connectivity index (χ0n) is 14.8. The summed E-state index contributed by atoms with van der Waals surface area (Å²) >= 11 is 2.21. The molecule has 2 heterocycles. The lowest BCUT2D eigenvalue weighted by Crippen LogP contribution is -2.20. The molecule has 0 saturated carbocycles. The maximum absolute atomic E-state index is 12.7. The third-order valence-electron chi connectivity index (χ3n) is 4.92. The van der Waals surface area contributed by atoms with Crippen LogP contribution in [0.4, 0.5) is 0 Å². The van der Waals surface area contributed by atoms with E-state index in [4.69, 9.17) is 0 Å². The van der Waals surface area contributed by atoms with Crippen LogP contribution < -0.4 is 5.56 Å². The molecular weight excluding hydrogens is 437 g/mol. The van der Waals surface area contributed by atoms with Crippen molar-refractivity contribution in [3.63, 3.8) is 0 Å². The number of benzene rings is 2. The summed E-state index contributed by atoms with van der Waals surface area (Å²) in [6.07, 6.45) is 3.98. The highest BCUT2D eigenvalue weighted by Crippen LogP contribution is 2.26. The minimum absolute atomic E-state index is 0.0252. The Kier molecular flexibility index (Phi) is 4.19. The quantitative estimate of drug-likeness (QED) is 0.418. The van der Waals surface area contributed by atoms with E-state index in [0.29, 0.717) is 11.2 Å². The smallest absolute Gasteiger partial charge is 0.261 e. The van der Waals surface area contributed by atoms with Crippen LogP contribution in [0.3, 0.4) is 0 Å². The highest BCUT2D eigenvalue weighted by Gasteiger charge is 2.10. The molecule has 4 aromatic rings. The van der Waals surface area contributed by atoms with Crippen LogP contribution in [0.15, 0.2) is 47.3 Å². The van der Waals surface area contributed by atoms with Crippen molar-refractivity contribution >= 4 is 56.5 Å². The molecule has 4 nitrogen and oxygen atoms in total. The van der Waals surface area contributed by atoms with Crippen LogP contribution in [0.1, 0.15) is 17.1 Å². The summed E-state index contributed by atoms with van der Waals surface area (Å²) in [5.41, 5.74) is 4.23. The molecule has 2 aromatic carbocycles. The molecule has 0 aliphatic carbocycles. The first-order valence-electron chi connectivity index (χ1n) is 8.36. The van der Waals surface area contributed by atoms with Gasteiger partial charge in [-0.2, -0.15) is 0 Å². The Morgan fingerprint density at radius 2 is 1.77 bits per heavy atom. The summed E-state index contributed by atoms with van der Waals surface area (Å²) in [4.78, 5) is 17.4. The van der Waals surface area contributed by atoms with E-state index in [2.05, 4.69) is 64.3 Å². The summed E-state index contributed by atoms with van der Waals surface area (Å²) in [5, 5.41) is 1.85. The van der Waals surface area contributed by atoms with E-state index in [1.807, 2.05) is 36.4 Å². The molecule has 0 aliphatic rings. The molecule has 130 valence electrons. The zero-order chi connectivity index (χ0) is 18.4.